The summed E-state index contributed by atoms with van der Waals surface area (Å²) in [5.41, 5.74) is 0.00534. The van der Waals surface area contributed by atoms with Crippen LogP contribution in [0.5, 0.6) is 11.5 Å². The van der Waals surface area contributed by atoms with Gasteiger partial charge in [0.15, 0.2) is 6.04 Å². The molecule has 2 atom stereocenters. The van der Waals surface area contributed by atoms with Gasteiger partial charge in [-0.1, -0.05) is 11.6 Å². The minimum Gasteiger partial charge on any atom is -0.486 e. The van der Waals surface area contributed by atoms with Gasteiger partial charge in [0.25, 0.3) is 5.91 Å². The number of nitrogens with zero attached hydrogens (tertiary/aromatic N) is 1. The van der Waals surface area contributed by atoms with E-state index < -0.39 is 36.0 Å². The molecule has 0 fully saturated rings. The van der Waals surface area contributed by atoms with Crippen LogP contribution >= 0.6 is 11.6 Å². The fraction of sp³-hybridized carbons (Fsp3) is 0.222. The highest BCUT2D eigenvalue weighted by Crippen LogP contribution is 2.26. The molecule has 0 saturated heterocycles. The summed E-state index contributed by atoms with van der Waals surface area (Å²) < 4.78 is 58.9. The van der Waals surface area contributed by atoms with Gasteiger partial charge in [-0.3, -0.25) is 4.79 Å². The van der Waals surface area contributed by atoms with Crippen molar-refractivity contribution in [1.29, 1.82) is 5.26 Å². The number of nitriles is 1. The zero-order valence-corrected chi connectivity index (χ0v) is 15.0. The monoisotopic (exact) mass is 416 g/mol. The van der Waals surface area contributed by atoms with Crippen molar-refractivity contribution in [3.05, 3.63) is 58.9 Å². The molecule has 5 nitrogen and oxygen atoms in total. The lowest BCUT2D eigenvalue weighted by Crippen LogP contribution is -2.43. The third-order valence-corrected chi connectivity index (χ3v) is 3.76. The molecule has 0 saturated carbocycles. The molecule has 148 valence electrons. The van der Waals surface area contributed by atoms with Crippen LogP contribution in [0.25, 0.3) is 0 Å². The molecular formula is C18H13ClF4N2O3. The highest BCUT2D eigenvalue weighted by Gasteiger charge is 2.31. The fourth-order valence-corrected chi connectivity index (χ4v) is 2.29. The molecule has 0 aliphatic heterocycles. The van der Waals surface area contributed by atoms with Gasteiger partial charge in [0.2, 0.25) is 0 Å². The van der Waals surface area contributed by atoms with Crippen LogP contribution in [0.1, 0.15) is 17.3 Å². The van der Waals surface area contributed by atoms with Crippen LogP contribution in [0.2, 0.25) is 5.02 Å². The first-order valence-corrected chi connectivity index (χ1v) is 8.15. The molecule has 1 amide bonds. The number of hydrogen-bond acceptors (Lipinski definition) is 4. The molecule has 0 heterocycles. The maximum Gasteiger partial charge on any atom is 0.573 e. The van der Waals surface area contributed by atoms with E-state index in [4.69, 9.17) is 16.3 Å². The maximum atomic E-state index is 13.3. The third kappa shape index (κ3) is 6.03. The Labute approximate surface area is 162 Å². The Balaban J connectivity index is 2.04. The number of carbonyl (C=O) groups excluding carboxylic acids is 1. The van der Waals surface area contributed by atoms with E-state index >= 15 is 0 Å². The van der Waals surface area contributed by atoms with E-state index in [1.807, 2.05) is 6.07 Å². The first-order valence-electron chi connectivity index (χ1n) is 7.77. The number of amides is 1. The topological polar surface area (TPSA) is 71.3 Å². The lowest BCUT2D eigenvalue weighted by molar-refractivity contribution is -0.274. The van der Waals surface area contributed by atoms with Crippen LogP contribution in [-0.2, 0) is 0 Å². The number of nitrogens with one attached hydrogen (secondary N) is 1. The smallest absolute Gasteiger partial charge is 0.486 e. The zero-order valence-electron chi connectivity index (χ0n) is 14.3. The minimum atomic E-state index is -4.85. The van der Waals surface area contributed by atoms with Crippen molar-refractivity contribution in [2.24, 2.45) is 0 Å². The van der Waals surface area contributed by atoms with E-state index in [0.717, 1.165) is 36.4 Å². The van der Waals surface area contributed by atoms with Crippen molar-refractivity contribution in [3.8, 4) is 17.6 Å². The molecule has 0 aliphatic carbocycles. The van der Waals surface area contributed by atoms with Crippen molar-refractivity contribution in [2.75, 3.05) is 0 Å². The number of halogens is 5. The number of rotatable bonds is 6. The van der Waals surface area contributed by atoms with Gasteiger partial charge in [0, 0.05) is 11.6 Å². The molecule has 0 radical (unpaired) electrons. The second-order valence-corrected chi connectivity index (χ2v) is 5.96. The summed E-state index contributed by atoms with van der Waals surface area (Å²) in [5, 5.41) is 11.8. The molecule has 2 rings (SSSR count). The van der Waals surface area contributed by atoms with Gasteiger partial charge in [-0.2, -0.15) is 5.26 Å². The predicted molar refractivity (Wildman–Crippen MR) is 91.5 cm³/mol. The number of hydrogen-bond donors (Lipinski definition) is 1. The highest BCUT2D eigenvalue weighted by molar-refractivity contribution is 6.32. The Bertz CT molecular complexity index is 882. The van der Waals surface area contributed by atoms with E-state index in [0.29, 0.717) is 0 Å². The van der Waals surface area contributed by atoms with Crippen molar-refractivity contribution in [2.45, 2.75) is 25.4 Å². The first kappa shape index (κ1) is 21.3. The molecular weight excluding hydrogens is 404 g/mol. The van der Waals surface area contributed by atoms with Crippen LogP contribution in [0.4, 0.5) is 17.6 Å². The summed E-state index contributed by atoms with van der Waals surface area (Å²) >= 11 is 5.90. The Hall–Kier alpha value is -2.99. The van der Waals surface area contributed by atoms with Crippen LogP contribution in [0.15, 0.2) is 42.5 Å². The quantitative estimate of drug-likeness (QED) is 0.705. The summed E-state index contributed by atoms with van der Waals surface area (Å²) in [5.74, 6) is -1.80. The zero-order chi connectivity index (χ0) is 20.9. The summed E-state index contributed by atoms with van der Waals surface area (Å²) in [6.07, 6.45) is -5.75. The summed E-state index contributed by atoms with van der Waals surface area (Å²) in [6.45, 7) is 1.47. The Kier molecular flexibility index (Phi) is 6.70. The molecule has 2 aromatic rings. The first-order chi connectivity index (χ1) is 13.1. The van der Waals surface area contributed by atoms with Gasteiger partial charge < -0.3 is 14.8 Å². The van der Waals surface area contributed by atoms with Crippen LogP contribution in [0, 0.1) is 17.1 Å². The highest BCUT2D eigenvalue weighted by atomic mass is 35.5. The summed E-state index contributed by atoms with van der Waals surface area (Å²) in [6, 6.07) is 8.30. The van der Waals surface area contributed by atoms with Crippen molar-refractivity contribution < 1.29 is 31.8 Å². The van der Waals surface area contributed by atoms with Crippen LogP contribution in [-0.4, -0.2) is 24.4 Å². The summed E-state index contributed by atoms with van der Waals surface area (Å²) in [4.78, 5) is 12.2. The van der Waals surface area contributed by atoms with Crippen LogP contribution < -0.4 is 14.8 Å². The number of alkyl halides is 3. The van der Waals surface area contributed by atoms with Crippen LogP contribution in [0.3, 0.4) is 0 Å². The number of ether oxygens (including phenoxy) is 2. The summed E-state index contributed by atoms with van der Waals surface area (Å²) in [7, 11) is 0. The second-order valence-electron chi connectivity index (χ2n) is 5.55. The SMILES string of the molecule is CC(Oc1cc(F)ccc1Cl)C(C#N)NC(=O)c1ccc(OC(F)(F)F)cc1. The molecule has 0 bridgehead atoms. The lowest BCUT2D eigenvalue weighted by atomic mass is 10.1. The molecule has 28 heavy (non-hydrogen) atoms. The average molecular weight is 417 g/mol. The molecule has 1 N–H and O–H groups in total. The normalized spacial score (nSPS) is 13.2. The average Bonchev–Trinajstić information content (AvgIpc) is 2.61. The predicted octanol–water partition coefficient (Wildman–Crippen LogP) is 4.47. The minimum absolute atomic E-state index is 0.00248. The molecule has 0 aliphatic rings. The van der Waals surface area contributed by atoms with Gasteiger partial charge in [-0.05, 0) is 43.3 Å². The van der Waals surface area contributed by atoms with E-state index in [1.165, 1.54) is 13.0 Å². The largest absolute Gasteiger partial charge is 0.573 e. The van der Waals surface area contributed by atoms with Gasteiger partial charge in [-0.15, -0.1) is 13.2 Å². The van der Waals surface area contributed by atoms with Crippen molar-refractivity contribution in [1.82, 2.24) is 5.32 Å². The fourth-order valence-electron chi connectivity index (χ4n) is 2.12. The van der Waals surface area contributed by atoms with Gasteiger partial charge in [0.05, 0.1) is 11.1 Å². The Morgan fingerprint density at radius 3 is 2.43 bits per heavy atom. The van der Waals surface area contributed by atoms with E-state index in [2.05, 4.69) is 10.1 Å². The lowest BCUT2D eigenvalue weighted by Gasteiger charge is -2.21. The molecule has 10 heteroatoms. The molecule has 2 unspecified atom stereocenters. The van der Waals surface area contributed by atoms with E-state index in [-0.39, 0.29) is 16.3 Å². The van der Waals surface area contributed by atoms with Gasteiger partial charge >= 0.3 is 6.36 Å². The second kappa shape index (κ2) is 8.80. The molecule has 2 aromatic carbocycles. The number of benzene rings is 2. The molecule has 0 aromatic heterocycles. The maximum absolute atomic E-state index is 13.3. The van der Waals surface area contributed by atoms with Crippen molar-refractivity contribution >= 4 is 17.5 Å². The third-order valence-electron chi connectivity index (χ3n) is 3.45. The van der Waals surface area contributed by atoms with Gasteiger partial charge in [0.1, 0.15) is 23.4 Å². The van der Waals surface area contributed by atoms with E-state index in [1.54, 1.807) is 0 Å². The Morgan fingerprint density at radius 1 is 1.21 bits per heavy atom. The van der Waals surface area contributed by atoms with Gasteiger partial charge in [-0.25, -0.2) is 4.39 Å². The Morgan fingerprint density at radius 2 is 1.86 bits per heavy atom. The molecule has 0 spiro atoms. The van der Waals surface area contributed by atoms with E-state index in [9.17, 15) is 27.6 Å². The standard InChI is InChI=1S/C18H13ClF4N2O3/c1-10(27-16-8-12(20)4-7-14(16)19)15(9-24)25-17(26)11-2-5-13(6-3-11)28-18(21,22)23/h2-8,10,15H,1H3,(H,25,26). The van der Waals surface area contributed by atoms with Crippen molar-refractivity contribution in [3.63, 3.8) is 0 Å². The number of carbonyl (C=O) groups is 1.